The number of allylic oxidation sites excluding steroid dienone is 3. The van der Waals surface area contributed by atoms with Gasteiger partial charge in [-0.15, -0.1) is 0 Å². The summed E-state index contributed by atoms with van der Waals surface area (Å²) in [4.78, 5) is 24.8. The molecule has 6 rings (SSSR count). The molecule has 0 radical (unpaired) electrons. The SMILES string of the molecule is N#CC1=CC=CC(CN2CCC3=C(C2)C(=O)N(Cc2ccc(C(F)(F)F)cc2)C2=NCC4(CC4)CN23)C1. The Kier molecular flexibility index (Phi) is 5.75. The van der Waals surface area contributed by atoms with E-state index in [1.807, 2.05) is 12.2 Å². The van der Waals surface area contributed by atoms with Crippen molar-refractivity contribution in [3.05, 3.63) is 70.5 Å². The quantitative estimate of drug-likeness (QED) is 0.603. The number of nitriles is 1. The molecule has 5 aliphatic rings. The van der Waals surface area contributed by atoms with Crippen molar-refractivity contribution in [3.8, 4) is 6.07 Å². The highest BCUT2D eigenvalue weighted by Gasteiger charge is 2.51. The molecular weight excluding hydrogens is 479 g/mol. The molecule has 6 nitrogen and oxygen atoms in total. The highest BCUT2D eigenvalue weighted by molar-refractivity contribution is 6.09. The fourth-order valence-electron chi connectivity index (χ4n) is 5.84. The van der Waals surface area contributed by atoms with Crippen molar-refractivity contribution in [2.24, 2.45) is 16.3 Å². The molecule has 1 fully saturated rings. The number of benzene rings is 1. The Morgan fingerprint density at radius 1 is 1.19 bits per heavy atom. The largest absolute Gasteiger partial charge is 0.416 e. The van der Waals surface area contributed by atoms with Crippen LogP contribution in [0.15, 0.2) is 64.3 Å². The molecule has 1 saturated carbocycles. The van der Waals surface area contributed by atoms with Crippen molar-refractivity contribution >= 4 is 11.9 Å². The van der Waals surface area contributed by atoms with Gasteiger partial charge in [0.25, 0.3) is 5.91 Å². The lowest BCUT2D eigenvalue weighted by atomic mass is 9.92. The molecule has 0 saturated heterocycles. The van der Waals surface area contributed by atoms with Gasteiger partial charge in [0.2, 0.25) is 5.96 Å². The normalized spacial score (nSPS) is 24.9. The predicted octanol–water partition coefficient (Wildman–Crippen LogP) is 4.49. The molecule has 2 aliphatic carbocycles. The summed E-state index contributed by atoms with van der Waals surface area (Å²) in [6.07, 6.45) is 5.22. The van der Waals surface area contributed by atoms with Crippen molar-refractivity contribution in [2.45, 2.75) is 38.4 Å². The van der Waals surface area contributed by atoms with Crippen LogP contribution < -0.4 is 0 Å². The smallest absolute Gasteiger partial charge is 0.315 e. The Morgan fingerprint density at radius 3 is 2.68 bits per heavy atom. The van der Waals surface area contributed by atoms with Crippen molar-refractivity contribution in [3.63, 3.8) is 0 Å². The van der Waals surface area contributed by atoms with E-state index in [0.717, 1.165) is 67.9 Å². The number of alkyl halides is 3. The number of aliphatic imine (C=N–C) groups is 1. The number of nitrogens with zero attached hydrogens (tertiary/aromatic N) is 5. The molecule has 3 heterocycles. The van der Waals surface area contributed by atoms with Crippen LogP contribution >= 0.6 is 0 Å². The van der Waals surface area contributed by atoms with Gasteiger partial charge in [-0.05, 0) is 49.0 Å². The van der Waals surface area contributed by atoms with Crippen molar-refractivity contribution < 1.29 is 18.0 Å². The summed E-state index contributed by atoms with van der Waals surface area (Å²) in [5.74, 6) is 0.748. The Labute approximate surface area is 214 Å². The van der Waals surface area contributed by atoms with Gasteiger partial charge in [-0.25, -0.2) is 0 Å². The number of rotatable bonds is 4. The van der Waals surface area contributed by atoms with Crippen LogP contribution in [-0.4, -0.2) is 59.3 Å². The maximum atomic E-state index is 13.8. The minimum atomic E-state index is -4.40. The summed E-state index contributed by atoms with van der Waals surface area (Å²) in [7, 11) is 0. The zero-order chi connectivity index (χ0) is 25.8. The topological polar surface area (TPSA) is 62.9 Å². The summed E-state index contributed by atoms with van der Waals surface area (Å²) in [6, 6.07) is 7.27. The van der Waals surface area contributed by atoms with Crippen LogP contribution in [0.1, 0.15) is 36.8 Å². The average Bonchev–Trinajstić information content (AvgIpc) is 3.64. The lowest BCUT2D eigenvalue weighted by Gasteiger charge is -2.47. The Bertz CT molecular complexity index is 1280. The van der Waals surface area contributed by atoms with E-state index in [4.69, 9.17) is 4.99 Å². The number of carbonyl (C=O) groups is 1. The number of hydrogen-bond donors (Lipinski definition) is 0. The molecule has 1 aromatic carbocycles. The predicted molar refractivity (Wildman–Crippen MR) is 132 cm³/mol. The second-order valence-corrected chi connectivity index (χ2v) is 10.9. The first-order valence-electron chi connectivity index (χ1n) is 12.8. The van der Waals surface area contributed by atoms with E-state index < -0.39 is 11.7 Å². The molecular formula is C28H28F3N5O. The Balaban J connectivity index is 1.25. The van der Waals surface area contributed by atoms with Gasteiger partial charge >= 0.3 is 6.18 Å². The van der Waals surface area contributed by atoms with E-state index in [0.29, 0.717) is 31.0 Å². The summed E-state index contributed by atoms with van der Waals surface area (Å²) in [5.41, 5.74) is 2.69. The van der Waals surface area contributed by atoms with E-state index in [1.54, 1.807) is 4.90 Å². The number of amides is 1. The summed E-state index contributed by atoms with van der Waals surface area (Å²) in [6.45, 7) is 3.82. The van der Waals surface area contributed by atoms with Gasteiger partial charge in [0.05, 0.1) is 30.3 Å². The summed E-state index contributed by atoms with van der Waals surface area (Å²) in [5, 5.41) is 9.27. The summed E-state index contributed by atoms with van der Waals surface area (Å²) < 4.78 is 39.1. The van der Waals surface area contributed by atoms with Gasteiger partial charge in [-0.3, -0.25) is 19.6 Å². The molecule has 1 unspecified atom stereocenters. The number of fused-ring (bicyclic) bond motifs is 2. The van der Waals surface area contributed by atoms with E-state index in [-0.39, 0.29) is 23.8 Å². The highest BCUT2D eigenvalue weighted by Crippen LogP contribution is 2.50. The van der Waals surface area contributed by atoms with Gasteiger partial charge in [0.15, 0.2) is 0 Å². The third-order valence-corrected chi connectivity index (χ3v) is 8.13. The maximum absolute atomic E-state index is 13.8. The molecule has 9 heteroatoms. The average molecular weight is 508 g/mol. The molecule has 1 spiro atoms. The lowest BCUT2D eigenvalue weighted by molar-refractivity contribution is -0.137. The van der Waals surface area contributed by atoms with Crippen LogP contribution in [0.2, 0.25) is 0 Å². The van der Waals surface area contributed by atoms with Crippen LogP contribution in [0, 0.1) is 22.7 Å². The zero-order valence-electron chi connectivity index (χ0n) is 20.5. The van der Waals surface area contributed by atoms with Gasteiger partial charge in [-0.2, -0.15) is 18.4 Å². The minimum Gasteiger partial charge on any atom is -0.315 e. The standard InChI is InChI=1S/C28H28F3N5O/c29-28(30,31)22-6-4-19(5-7-22)15-35-25(37)23-16-34(14-21-3-1-2-20(12-21)13-32)11-8-24(23)36-18-27(9-10-27)17-33-26(35)36/h1-7,21H,8-12,14-18H2. The molecule has 3 aliphatic heterocycles. The number of guanidine groups is 1. The van der Waals surface area contributed by atoms with E-state index in [9.17, 15) is 23.2 Å². The van der Waals surface area contributed by atoms with Crippen molar-refractivity contribution in [1.82, 2.24) is 14.7 Å². The first-order chi connectivity index (χ1) is 17.7. The molecule has 0 bridgehead atoms. The molecule has 0 aromatic heterocycles. The Hall–Kier alpha value is -3.38. The Morgan fingerprint density at radius 2 is 1.97 bits per heavy atom. The second kappa shape index (κ2) is 8.88. The first kappa shape index (κ1) is 24.0. The molecule has 0 N–H and O–H groups in total. The second-order valence-electron chi connectivity index (χ2n) is 10.9. The molecule has 1 atom stereocenters. The third-order valence-electron chi connectivity index (χ3n) is 8.13. The highest BCUT2D eigenvalue weighted by atomic mass is 19.4. The monoisotopic (exact) mass is 507 g/mol. The van der Waals surface area contributed by atoms with Crippen molar-refractivity contribution in [1.29, 1.82) is 5.26 Å². The number of hydrogen-bond acceptors (Lipinski definition) is 5. The van der Waals surface area contributed by atoms with Crippen LogP contribution in [0.25, 0.3) is 0 Å². The third kappa shape index (κ3) is 4.59. The minimum absolute atomic E-state index is 0.113. The molecule has 37 heavy (non-hydrogen) atoms. The molecule has 1 amide bonds. The van der Waals surface area contributed by atoms with E-state index >= 15 is 0 Å². The lowest BCUT2D eigenvalue weighted by Crippen LogP contribution is -2.58. The first-order valence-corrected chi connectivity index (χ1v) is 12.8. The van der Waals surface area contributed by atoms with Gasteiger partial charge in [-0.1, -0.05) is 24.3 Å². The van der Waals surface area contributed by atoms with Crippen LogP contribution in [0.5, 0.6) is 0 Å². The van der Waals surface area contributed by atoms with Crippen LogP contribution in [-0.2, 0) is 17.5 Å². The zero-order valence-corrected chi connectivity index (χ0v) is 20.5. The van der Waals surface area contributed by atoms with Crippen LogP contribution in [0.3, 0.4) is 0 Å². The fourth-order valence-corrected chi connectivity index (χ4v) is 5.84. The van der Waals surface area contributed by atoms with Crippen LogP contribution in [0.4, 0.5) is 13.2 Å². The molecule has 192 valence electrons. The van der Waals surface area contributed by atoms with Gasteiger partial charge < -0.3 is 4.90 Å². The molecule has 1 aromatic rings. The van der Waals surface area contributed by atoms with E-state index in [1.165, 1.54) is 12.1 Å². The van der Waals surface area contributed by atoms with E-state index in [2.05, 4.69) is 21.9 Å². The van der Waals surface area contributed by atoms with Crippen molar-refractivity contribution in [2.75, 3.05) is 32.7 Å². The summed E-state index contributed by atoms with van der Waals surface area (Å²) >= 11 is 0. The van der Waals surface area contributed by atoms with Gasteiger partial charge in [0.1, 0.15) is 0 Å². The fraction of sp³-hybridized carbons (Fsp3) is 0.464. The number of halogens is 3. The maximum Gasteiger partial charge on any atom is 0.416 e. The number of carbonyl (C=O) groups excluding carboxylic acids is 1. The van der Waals surface area contributed by atoms with Gasteiger partial charge in [0, 0.05) is 49.3 Å².